The molecule has 3 rings (SSSR count). The van der Waals surface area contributed by atoms with E-state index in [-0.39, 0.29) is 11.2 Å². The Bertz CT molecular complexity index is 920. The predicted octanol–water partition coefficient (Wildman–Crippen LogP) is 1.90. The number of amides is 1. The van der Waals surface area contributed by atoms with E-state index < -0.39 is 5.91 Å². The summed E-state index contributed by atoms with van der Waals surface area (Å²) >= 11 is 0. The van der Waals surface area contributed by atoms with E-state index in [2.05, 4.69) is 15.1 Å². The first-order valence-electron chi connectivity index (χ1n) is 7.36. The lowest BCUT2D eigenvalue weighted by atomic mass is 10.1. The zero-order chi connectivity index (χ0) is 16.9. The molecule has 1 aromatic carbocycles. The van der Waals surface area contributed by atoms with Gasteiger partial charge in [-0.25, -0.2) is 9.97 Å². The summed E-state index contributed by atoms with van der Waals surface area (Å²) in [5.74, 6) is 0.0616. The molecule has 0 atom stereocenters. The number of primary amides is 1. The van der Waals surface area contributed by atoms with E-state index in [1.165, 1.54) is 0 Å². The molecule has 7 nitrogen and oxygen atoms in total. The highest BCUT2D eigenvalue weighted by Crippen LogP contribution is 2.30. The van der Waals surface area contributed by atoms with E-state index >= 15 is 0 Å². The molecule has 2 N–H and O–H groups in total. The van der Waals surface area contributed by atoms with Gasteiger partial charge in [0.25, 0.3) is 5.91 Å². The molecule has 0 spiro atoms. The fourth-order valence-corrected chi connectivity index (χ4v) is 2.57. The van der Waals surface area contributed by atoms with Crippen molar-refractivity contribution in [3.05, 3.63) is 24.0 Å². The van der Waals surface area contributed by atoms with E-state index in [4.69, 9.17) is 5.73 Å². The van der Waals surface area contributed by atoms with Crippen molar-refractivity contribution in [3.8, 4) is 0 Å². The minimum Gasteiger partial charge on any atom is -0.364 e. The molecule has 3 aromatic rings. The average molecular weight is 312 g/mol. The maximum absolute atomic E-state index is 11.8. The smallest absolute Gasteiger partial charge is 0.269 e. The average Bonchev–Trinajstić information content (AvgIpc) is 2.86. The Hall–Kier alpha value is -2.70. The van der Waals surface area contributed by atoms with Gasteiger partial charge in [0.2, 0.25) is 5.95 Å². The summed E-state index contributed by atoms with van der Waals surface area (Å²) < 4.78 is 1.82. The molecule has 0 aliphatic heterocycles. The van der Waals surface area contributed by atoms with Gasteiger partial charge >= 0.3 is 0 Å². The molecule has 120 valence electrons. The Morgan fingerprint density at radius 2 is 1.96 bits per heavy atom. The Balaban J connectivity index is 2.51. The molecule has 7 heteroatoms. The summed E-state index contributed by atoms with van der Waals surface area (Å²) in [6.45, 7) is 6.07. The molecular weight excluding hydrogens is 292 g/mol. The van der Waals surface area contributed by atoms with Crippen LogP contribution >= 0.6 is 0 Å². The summed E-state index contributed by atoms with van der Waals surface area (Å²) in [5, 5.41) is 6.06. The Labute approximate surface area is 134 Å². The van der Waals surface area contributed by atoms with E-state index in [9.17, 15) is 4.79 Å². The van der Waals surface area contributed by atoms with Gasteiger partial charge in [0.15, 0.2) is 5.69 Å². The van der Waals surface area contributed by atoms with E-state index in [0.717, 1.165) is 16.4 Å². The molecule has 1 amide bonds. The van der Waals surface area contributed by atoms with Crippen molar-refractivity contribution in [2.75, 3.05) is 19.0 Å². The molecule has 23 heavy (non-hydrogen) atoms. The third-order valence-corrected chi connectivity index (χ3v) is 3.65. The molecule has 0 saturated carbocycles. The number of rotatable bonds is 2. The highest BCUT2D eigenvalue weighted by atomic mass is 16.1. The zero-order valence-corrected chi connectivity index (χ0v) is 14.0. The van der Waals surface area contributed by atoms with Crippen LogP contribution in [-0.4, -0.2) is 39.8 Å². The molecule has 0 radical (unpaired) electrons. The number of fused-ring (bicyclic) bond motifs is 3. The van der Waals surface area contributed by atoms with Crippen molar-refractivity contribution in [3.63, 3.8) is 0 Å². The van der Waals surface area contributed by atoms with Crippen molar-refractivity contribution in [1.82, 2.24) is 19.7 Å². The van der Waals surface area contributed by atoms with Crippen molar-refractivity contribution in [1.29, 1.82) is 0 Å². The number of carbonyl (C=O) groups is 1. The number of anilines is 1. The molecular formula is C16H20N6O. The SMILES string of the molecule is CN(C)c1ncc2ccc3c(C(N)=O)nn(C(C)(C)C)c3c2n1. The fraction of sp³-hybridized carbons (Fsp3) is 0.375. The lowest BCUT2D eigenvalue weighted by molar-refractivity contribution is 0.0995. The number of hydrogen-bond donors (Lipinski definition) is 1. The second kappa shape index (κ2) is 4.91. The Kier molecular flexibility index (Phi) is 3.24. The Morgan fingerprint density at radius 1 is 1.26 bits per heavy atom. The summed E-state index contributed by atoms with van der Waals surface area (Å²) in [6.07, 6.45) is 1.78. The van der Waals surface area contributed by atoms with Crippen molar-refractivity contribution in [2.45, 2.75) is 26.3 Å². The molecule has 2 heterocycles. The van der Waals surface area contributed by atoms with Crippen LogP contribution < -0.4 is 10.6 Å². The van der Waals surface area contributed by atoms with Crippen LogP contribution in [0.25, 0.3) is 21.8 Å². The van der Waals surface area contributed by atoms with Crippen LogP contribution in [0, 0.1) is 0 Å². The second-order valence-corrected chi connectivity index (χ2v) is 6.76. The minimum atomic E-state index is -0.542. The van der Waals surface area contributed by atoms with Crippen molar-refractivity contribution in [2.24, 2.45) is 5.73 Å². The van der Waals surface area contributed by atoms with Gasteiger partial charge < -0.3 is 10.6 Å². The maximum Gasteiger partial charge on any atom is 0.269 e. The van der Waals surface area contributed by atoms with E-state index in [0.29, 0.717) is 11.3 Å². The first-order chi connectivity index (χ1) is 10.7. The van der Waals surface area contributed by atoms with Crippen LogP contribution in [0.3, 0.4) is 0 Å². The third kappa shape index (κ3) is 2.38. The number of benzene rings is 1. The summed E-state index contributed by atoms with van der Waals surface area (Å²) in [7, 11) is 3.77. The van der Waals surface area contributed by atoms with Gasteiger partial charge in [-0.05, 0) is 26.8 Å². The van der Waals surface area contributed by atoms with Crippen LogP contribution in [0.2, 0.25) is 0 Å². The lowest BCUT2D eigenvalue weighted by Crippen LogP contribution is -2.24. The van der Waals surface area contributed by atoms with E-state index in [1.807, 2.05) is 56.6 Å². The normalized spacial score (nSPS) is 12.0. The Morgan fingerprint density at radius 3 is 2.52 bits per heavy atom. The van der Waals surface area contributed by atoms with Gasteiger partial charge in [-0.1, -0.05) is 6.07 Å². The monoisotopic (exact) mass is 312 g/mol. The standard InChI is InChI=1S/C16H20N6O/c1-16(2,3)22-13-10(12(20-22)14(17)23)7-6-9-8-18-15(21(4)5)19-11(9)13/h6-8H,1-5H3,(H2,17,23). The minimum absolute atomic E-state index is 0.266. The number of aromatic nitrogens is 4. The van der Waals surface area contributed by atoms with Gasteiger partial charge in [0.05, 0.1) is 11.1 Å². The third-order valence-electron chi connectivity index (χ3n) is 3.65. The topological polar surface area (TPSA) is 89.9 Å². The quantitative estimate of drug-likeness (QED) is 0.780. The highest BCUT2D eigenvalue weighted by Gasteiger charge is 2.24. The summed E-state index contributed by atoms with van der Waals surface area (Å²) in [5.41, 5.74) is 7.01. The number of carbonyl (C=O) groups excluding carboxylic acids is 1. The van der Waals surface area contributed by atoms with Gasteiger partial charge in [-0.15, -0.1) is 0 Å². The largest absolute Gasteiger partial charge is 0.364 e. The summed E-state index contributed by atoms with van der Waals surface area (Å²) in [4.78, 5) is 22.6. The fourth-order valence-electron chi connectivity index (χ4n) is 2.57. The van der Waals surface area contributed by atoms with Crippen LogP contribution in [0.4, 0.5) is 5.95 Å². The number of nitrogens with two attached hydrogens (primary N) is 1. The zero-order valence-electron chi connectivity index (χ0n) is 14.0. The van der Waals surface area contributed by atoms with E-state index in [1.54, 1.807) is 6.20 Å². The lowest BCUT2D eigenvalue weighted by Gasteiger charge is -2.21. The van der Waals surface area contributed by atoms with Crippen LogP contribution in [0.1, 0.15) is 31.3 Å². The summed E-state index contributed by atoms with van der Waals surface area (Å²) in [6, 6.07) is 3.74. The number of hydrogen-bond acceptors (Lipinski definition) is 5. The van der Waals surface area contributed by atoms with Crippen LogP contribution in [-0.2, 0) is 5.54 Å². The van der Waals surface area contributed by atoms with Gasteiger partial charge in [0.1, 0.15) is 5.52 Å². The second-order valence-electron chi connectivity index (χ2n) is 6.76. The molecule has 0 bridgehead atoms. The van der Waals surface area contributed by atoms with Crippen LogP contribution in [0.5, 0.6) is 0 Å². The molecule has 0 saturated heterocycles. The first-order valence-corrected chi connectivity index (χ1v) is 7.36. The van der Waals surface area contributed by atoms with Crippen molar-refractivity contribution < 1.29 is 4.79 Å². The molecule has 0 fully saturated rings. The maximum atomic E-state index is 11.8. The molecule has 0 unspecified atom stereocenters. The first kappa shape index (κ1) is 15.2. The highest BCUT2D eigenvalue weighted by molar-refractivity contribution is 6.11. The van der Waals surface area contributed by atoms with Crippen molar-refractivity contribution >= 4 is 33.7 Å². The van der Waals surface area contributed by atoms with Gasteiger partial charge in [-0.3, -0.25) is 9.48 Å². The molecule has 0 aliphatic carbocycles. The predicted molar refractivity (Wildman–Crippen MR) is 90.7 cm³/mol. The van der Waals surface area contributed by atoms with Gasteiger partial charge in [-0.2, -0.15) is 5.10 Å². The molecule has 0 aliphatic rings. The molecule has 2 aromatic heterocycles. The van der Waals surface area contributed by atoms with Gasteiger partial charge in [0, 0.05) is 31.1 Å². The van der Waals surface area contributed by atoms with Crippen LogP contribution in [0.15, 0.2) is 18.3 Å². The number of nitrogens with zero attached hydrogens (tertiary/aromatic N) is 5.